The van der Waals surface area contributed by atoms with Crippen LogP contribution in [0.15, 0.2) is 54.7 Å². The van der Waals surface area contributed by atoms with Crippen LogP contribution in [0.5, 0.6) is 5.75 Å². The quantitative estimate of drug-likeness (QED) is 0.534. The van der Waals surface area contributed by atoms with Crippen molar-refractivity contribution in [3.63, 3.8) is 0 Å². The van der Waals surface area contributed by atoms with Gasteiger partial charge in [0.2, 0.25) is 0 Å². The lowest BCUT2D eigenvalue weighted by Crippen LogP contribution is -2.22. The van der Waals surface area contributed by atoms with Crippen LogP contribution in [0, 0.1) is 6.92 Å². The summed E-state index contributed by atoms with van der Waals surface area (Å²) >= 11 is 0. The van der Waals surface area contributed by atoms with Crippen LogP contribution in [0.2, 0.25) is 0 Å². The van der Waals surface area contributed by atoms with Crippen LogP contribution in [0.3, 0.4) is 0 Å². The smallest absolute Gasteiger partial charge is 0.252 e. The molecule has 0 amide bonds. The fraction of sp³-hybridized carbons (Fsp3) is 0.217. The zero-order valence-corrected chi connectivity index (χ0v) is 16.3. The van der Waals surface area contributed by atoms with Crippen molar-refractivity contribution in [1.82, 2.24) is 19.6 Å². The number of carbonyl (C=O) groups excluding carboxylic acids is 1. The SMILES string of the molecule is COc1ccc(-c2nc3ncc4c(n3n2)CC(c2cccc(C)c2)CC4=O)cc1. The van der Waals surface area contributed by atoms with E-state index in [-0.39, 0.29) is 11.7 Å². The molecule has 144 valence electrons. The molecule has 2 aromatic carbocycles. The number of rotatable bonds is 3. The van der Waals surface area contributed by atoms with Gasteiger partial charge in [0.15, 0.2) is 11.6 Å². The molecular formula is C23H20N4O2. The lowest BCUT2D eigenvalue weighted by atomic mass is 9.82. The summed E-state index contributed by atoms with van der Waals surface area (Å²) in [7, 11) is 1.63. The zero-order chi connectivity index (χ0) is 20.0. The molecule has 4 aromatic rings. The number of hydrogen-bond acceptors (Lipinski definition) is 5. The van der Waals surface area contributed by atoms with Crippen molar-refractivity contribution in [2.24, 2.45) is 0 Å². The molecular weight excluding hydrogens is 364 g/mol. The highest BCUT2D eigenvalue weighted by Crippen LogP contribution is 2.33. The number of hydrogen-bond donors (Lipinski definition) is 0. The first kappa shape index (κ1) is 17.6. The summed E-state index contributed by atoms with van der Waals surface area (Å²) in [5.41, 5.74) is 4.78. The maximum atomic E-state index is 12.8. The summed E-state index contributed by atoms with van der Waals surface area (Å²) in [6.45, 7) is 2.07. The van der Waals surface area contributed by atoms with E-state index in [0.717, 1.165) is 23.4 Å². The molecule has 0 spiro atoms. The molecule has 2 heterocycles. The van der Waals surface area contributed by atoms with Gasteiger partial charge in [-0.2, -0.15) is 9.50 Å². The molecule has 0 radical (unpaired) electrons. The highest BCUT2D eigenvalue weighted by Gasteiger charge is 2.29. The van der Waals surface area contributed by atoms with E-state index in [4.69, 9.17) is 4.74 Å². The Morgan fingerprint density at radius 1 is 1.10 bits per heavy atom. The lowest BCUT2D eigenvalue weighted by molar-refractivity contribution is 0.0962. The molecule has 2 aromatic heterocycles. The zero-order valence-electron chi connectivity index (χ0n) is 16.3. The average molecular weight is 384 g/mol. The first-order chi connectivity index (χ1) is 14.1. The van der Waals surface area contributed by atoms with E-state index >= 15 is 0 Å². The molecule has 0 bridgehead atoms. The Hall–Kier alpha value is -3.54. The maximum Gasteiger partial charge on any atom is 0.252 e. The standard InChI is InChI=1S/C23H20N4O2/c1-14-4-3-5-16(10-14)17-11-20-19(21(28)12-17)13-24-23-25-22(26-27(20)23)15-6-8-18(29-2)9-7-15/h3-10,13,17H,11-12H2,1-2H3. The topological polar surface area (TPSA) is 69.4 Å². The van der Waals surface area contributed by atoms with E-state index in [1.54, 1.807) is 17.8 Å². The number of ketones is 1. The summed E-state index contributed by atoms with van der Waals surface area (Å²) in [6, 6.07) is 16.0. The molecule has 0 N–H and O–H groups in total. The van der Waals surface area contributed by atoms with E-state index in [1.165, 1.54) is 11.1 Å². The minimum absolute atomic E-state index is 0.105. The average Bonchev–Trinajstić information content (AvgIpc) is 3.18. The highest BCUT2D eigenvalue weighted by atomic mass is 16.5. The number of ether oxygens (including phenoxy) is 1. The van der Waals surface area contributed by atoms with Crippen molar-refractivity contribution in [1.29, 1.82) is 0 Å². The molecule has 0 saturated carbocycles. The van der Waals surface area contributed by atoms with E-state index in [9.17, 15) is 4.79 Å². The third-order valence-corrected chi connectivity index (χ3v) is 5.50. The van der Waals surface area contributed by atoms with Crippen molar-refractivity contribution in [3.05, 3.63) is 77.1 Å². The Morgan fingerprint density at radius 2 is 1.93 bits per heavy atom. The normalized spacial score (nSPS) is 16.1. The van der Waals surface area contributed by atoms with Crippen molar-refractivity contribution in [2.45, 2.75) is 25.7 Å². The van der Waals surface area contributed by atoms with Crippen LogP contribution in [0.1, 0.15) is 39.5 Å². The van der Waals surface area contributed by atoms with Crippen molar-refractivity contribution in [3.8, 4) is 17.1 Å². The Labute approximate surface area is 168 Å². The monoisotopic (exact) mass is 384 g/mol. The van der Waals surface area contributed by atoms with Gasteiger partial charge in [-0.3, -0.25) is 4.79 Å². The molecule has 1 unspecified atom stereocenters. The highest BCUT2D eigenvalue weighted by molar-refractivity contribution is 5.98. The predicted octanol–water partition coefficient (Wildman–Crippen LogP) is 4.02. The molecule has 29 heavy (non-hydrogen) atoms. The number of aromatic nitrogens is 4. The summed E-state index contributed by atoms with van der Waals surface area (Å²) in [5, 5.41) is 4.68. The second kappa shape index (κ2) is 6.81. The summed E-state index contributed by atoms with van der Waals surface area (Å²) in [6.07, 6.45) is 2.87. The minimum atomic E-state index is 0.105. The molecule has 6 nitrogen and oxygen atoms in total. The van der Waals surface area contributed by atoms with Gasteiger partial charge >= 0.3 is 0 Å². The van der Waals surface area contributed by atoms with Crippen LogP contribution in [-0.2, 0) is 6.42 Å². The predicted molar refractivity (Wildman–Crippen MR) is 109 cm³/mol. The number of nitrogens with zero attached hydrogens (tertiary/aromatic N) is 4. The van der Waals surface area contributed by atoms with Gasteiger partial charge in [-0.15, -0.1) is 5.10 Å². The molecule has 0 aliphatic heterocycles. The Kier molecular flexibility index (Phi) is 4.12. The second-order valence-electron chi connectivity index (χ2n) is 7.44. The van der Waals surface area contributed by atoms with Crippen molar-refractivity contribution < 1.29 is 9.53 Å². The van der Waals surface area contributed by atoms with Gasteiger partial charge in [-0.05, 0) is 49.1 Å². The van der Waals surface area contributed by atoms with Gasteiger partial charge in [0, 0.05) is 18.2 Å². The van der Waals surface area contributed by atoms with E-state index < -0.39 is 0 Å². The van der Waals surface area contributed by atoms with Crippen molar-refractivity contribution in [2.75, 3.05) is 7.11 Å². The number of methoxy groups -OCH3 is 1. The Morgan fingerprint density at radius 3 is 2.69 bits per heavy atom. The number of carbonyl (C=O) groups is 1. The summed E-state index contributed by atoms with van der Waals surface area (Å²) < 4.78 is 6.95. The first-order valence-electron chi connectivity index (χ1n) is 9.61. The summed E-state index contributed by atoms with van der Waals surface area (Å²) in [4.78, 5) is 21.8. The fourth-order valence-corrected chi connectivity index (χ4v) is 3.97. The van der Waals surface area contributed by atoms with Crippen LogP contribution >= 0.6 is 0 Å². The Bertz CT molecular complexity index is 1230. The molecule has 1 atom stereocenters. The number of aryl methyl sites for hydroxylation is 1. The van der Waals surface area contributed by atoms with Gasteiger partial charge in [-0.1, -0.05) is 29.8 Å². The van der Waals surface area contributed by atoms with Crippen molar-refractivity contribution >= 4 is 11.6 Å². The lowest BCUT2D eigenvalue weighted by Gasteiger charge is -2.24. The van der Waals surface area contributed by atoms with Gasteiger partial charge < -0.3 is 4.74 Å². The third kappa shape index (κ3) is 3.06. The van der Waals surface area contributed by atoms with Crippen LogP contribution in [-0.4, -0.2) is 32.5 Å². The minimum Gasteiger partial charge on any atom is -0.497 e. The van der Waals surface area contributed by atoms with Crippen LogP contribution < -0.4 is 4.74 Å². The fourth-order valence-electron chi connectivity index (χ4n) is 3.97. The first-order valence-corrected chi connectivity index (χ1v) is 9.61. The van der Waals surface area contributed by atoms with E-state index in [1.807, 2.05) is 30.3 Å². The largest absolute Gasteiger partial charge is 0.497 e. The molecule has 1 aliphatic carbocycles. The van der Waals surface area contributed by atoms with E-state index in [0.29, 0.717) is 23.6 Å². The molecule has 5 rings (SSSR count). The third-order valence-electron chi connectivity index (χ3n) is 5.50. The number of benzene rings is 2. The van der Waals surface area contributed by atoms with Crippen LogP contribution in [0.4, 0.5) is 0 Å². The van der Waals surface area contributed by atoms with Gasteiger partial charge in [-0.25, -0.2) is 4.98 Å². The van der Waals surface area contributed by atoms with E-state index in [2.05, 4.69) is 40.2 Å². The molecule has 1 aliphatic rings. The molecule has 6 heteroatoms. The maximum absolute atomic E-state index is 12.8. The summed E-state index contributed by atoms with van der Waals surface area (Å²) in [5.74, 6) is 2.10. The number of fused-ring (bicyclic) bond motifs is 3. The molecule has 0 saturated heterocycles. The van der Waals surface area contributed by atoms with Gasteiger partial charge in [0.05, 0.1) is 18.4 Å². The van der Waals surface area contributed by atoms with Crippen LogP contribution in [0.25, 0.3) is 17.2 Å². The molecule has 0 fully saturated rings. The van der Waals surface area contributed by atoms with Gasteiger partial charge in [0.1, 0.15) is 5.75 Å². The van der Waals surface area contributed by atoms with Gasteiger partial charge in [0.25, 0.3) is 5.78 Å². The number of Topliss-reactive ketones (excluding diaryl/α,β-unsaturated/α-hetero) is 1. The Balaban J connectivity index is 1.58. The second-order valence-corrected chi connectivity index (χ2v) is 7.44.